The predicted molar refractivity (Wildman–Crippen MR) is 58.9 cm³/mol. The topological polar surface area (TPSA) is 38.4 Å². The van der Waals surface area contributed by atoms with Crippen molar-refractivity contribution in [3.05, 3.63) is 15.3 Å². The third kappa shape index (κ3) is 2.15. The minimum Gasteiger partial charge on any atom is -0.378 e. The monoisotopic (exact) mass is 220 g/mol. The lowest BCUT2D eigenvalue weighted by molar-refractivity contribution is 1.45. The zero-order chi connectivity index (χ0) is 9.14. The zero-order valence-corrected chi connectivity index (χ0v) is 9.19. The van der Waals surface area contributed by atoms with Gasteiger partial charge in [-0.3, -0.25) is 0 Å². The molecule has 12 heavy (non-hydrogen) atoms. The van der Waals surface area contributed by atoms with E-state index in [-0.39, 0.29) is 0 Å². The lowest BCUT2D eigenvalue weighted by Crippen LogP contribution is -2.04. The standard InChI is InChI=1S/C7H9ClN2S2/c1-4-3-12-6(8)5(4)10-7(9)11-2/h3H,1-2H3,(H2,9,10). The molecule has 0 saturated heterocycles. The molecule has 0 unspecified atom stereocenters. The fourth-order valence-corrected chi connectivity index (χ4v) is 1.91. The van der Waals surface area contributed by atoms with Crippen molar-refractivity contribution in [2.45, 2.75) is 6.92 Å². The summed E-state index contributed by atoms with van der Waals surface area (Å²) in [6.45, 7) is 1.97. The second-order valence-electron chi connectivity index (χ2n) is 2.20. The number of hydrogen-bond donors (Lipinski definition) is 1. The molecule has 2 nitrogen and oxygen atoms in total. The molecule has 2 N–H and O–H groups in total. The molecule has 0 atom stereocenters. The number of thiophene rings is 1. The maximum absolute atomic E-state index is 5.89. The SMILES string of the molecule is CSC(N)=Nc1c(C)csc1Cl. The van der Waals surface area contributed by atoms with Crippen LogP contribution in [0.5, 0.6) is 0 Å². The van der Waals surface area contributed by atoms with Crippen molar-refractivity contribution in [1.29, 1.82) is 0 Å². The fourth-order valence-electron chi connectivity index (χ4n) is 0.695. The molecule has 0 aliphatic carbocycles. The Bertz CT molecular complexity index is 287. The van der Waals surface area contributed by atoms with Crippen LogP contribution < -0.4 is 5.73 Å². The summed E-state index contributed by atoms with van der Waals surface area (Å²) >= 11 is 8.78. The molecule has 0 amide bonds. The van der Waals surface area contributed by atoms with Crippen LogP contribution in [0.3, 0.4) is 0 Å². The van der Waals surface area contributed by atoms with Crippen molar-refractivity contribution in [1.82, 2.24) is 0 Å². The van der Waals surface area contributed by atoms with E-state index in [1.54, 1.807) is 0 Å². The quantitative estimate of drug-likeness (QED) is 0.584. The molecular weight excluding hydrogens is 212 g/mol. The summed E-state index contributed by atoms with van der Waals surface area (Å²) in [6.07, 6.45) is 1.88. The summed E-state index contributed by atoms with van der Waals surface area (Å²) in [4.78, 5) is 4.17. The molecule has 5 heteroatoms. The van der Waals surface area contributed by atoms with Gasteiger partial charge in [0.15, 0.2) is 5.17 Å². The number of halogens is 1. The van der Waals surface area contributed by atoms with Crippen LogP contribution in [0.25, 0.3) is 0 Å². The Hall–Kier alpha value is -0.190. The van der Waals surface area contributed by atoms with Gasteiger partial charge in [0.05, 0.1) is 5.69 Å². The summed E-state index contributed by atoms with van der Waals surface area (Å²) in [5.74, 6) is 0. The number of amidine groups is 1. The molecule has 0 aliphatic rings. The van der Waals surface area contributed by atoms with E-state index in [0.29, 0.717) is 9.50 Å². The largest absolute Gasteiger partial charge is 0.378 e. The maximum atomic E-state index is 5.89. The van der Waals surface area contributed by atoms with Gasteiger partial charge in [0.2, 0.25) is 0 Å². The lowest BCUT2D eigenvalue weighted by Gasteiger charge is -1.95. The molecule has 1 aromatic rings. The van der Waals surface area contributed by atoms with Crippen molar-refractivity contribution >= 4 is 45.6 Å². The summed E-state index contributed by atoms with van der Waals surface area (Å²) in [5.41, 5.74) is 7.43. The molecule has 1 aromatic heterocycles. The molecule has 0 radical (unpaired) electrons. The Kier molecular flexibility index (Phi) is 3.43. The van der Waals surface area contributed by atoms with Gasteiger partial charge in [0.1, 0.15) is 4.34 Å². The average molecular weight is 221 g/mol. The number of thioether (sulfide) groups is 1. The lowest BCUT2D eigenvalue weighted by atomic mass is 10.3. The normalized spacial score (nSPS) is 12.1. The van der Waals surface area contributed by atoms with Crippen LogP contribution >= 0.6 is 34.7 Å². The van der Waals surface area contributed by atoms with Crippen molar-refractivity contribution < 1.29 is 0 Å². The Morgan fingerprint density at radius 2 is 2.42 bits per heavy atom. The minimum atomic E-state index is 0.540. The van der Waals surface area contributed by atoms with Gasteiger partial charge in [-0.1, -0.05) is 23.4 Å². The second-order valence-corrected chi connectivity index (χ2v) is 4.50. The number of aryl methyl sites for hydroxylation is 1. The first-order valence-corrected chi connectivity index (χ1v) is 5.75. The summed E-state index contributed by atoms with van der Waals surface area (Å²) in [6, 6.07) is 0. The van der Waals surface area contributed by atoms with Crippen LogP contribution in [-0.2, 0) is 0 Å². The van der Waals surface area contributed by atoms with Crippen molar-refractivity contribution in [2.75, 3.05) is 6.26 Å². The van der Waals surface area contributed by atoms with E-state index in [1.165, 1.54) is 23.1 Å². The van der Waals surface area contributed by atoms with E-state index in [0.717, 1.165) is 11.3 Å². The number of aliphatic imine (C=N–C) groups is 1. The number of nitrogens with zero attached hydrogens (tertiary/aromatic N) is 1. The summed E-state index contributed by atoms with van der Waals surface area (Å²) < 4.78 is 0.699. The Labute approximate surface area is 84.8 Å². The molecular formula is C7H9ClN2S2. The highest BCUT2D eigenvalue weighted by molar-refractivity contribution is 8.13. The minimum absolute atomic E-state index is 0.540. The van der Waals surface area contributed by atoms with E-state index >= 15 is 0 Å². The molecule has 1 heterocycles. The van der Waals surface area contributed by atoms with E-state index in [2.05, 4.69) is 4.99 Å². The Morgan fingerprint density at radius 3 is 2.83 bits per heavy atom. The maximum Gasteiger partial charge on any atom is 0.158 e. The van der Waals surface area contributed by atoms with E-state index in [4.69, 9.17) is 17.3 Å². The smallest absolute Gasteiger partial charge is 0.158 e. The van der Waals surface area contributed by atoms with E-state index in [9.17, 15) is 0 Å². The van der Waals surface area contributed by atoms with Crippen LogP contribution in [0.4, 0.5) is 5.69 Å². The van der Waals surface area contributed by atoms with Crippen LogP contribution in [0.15, 0.2) is 10.4 Å². The Morgan fingerprint density at radius 1 is 1.75 bits per heavy atom. The highest BCUT2D eigenvalue weighted by Gasteiger charge is 2.05. The van der Waals surface area contributed by atoms with Gasteiger partial charge in [-0.2, -0.15) is 0 Å². The van der Waals surface area contributed by atoms with Crippen LogP contribution in [-0.4, -0.2) is 11.4 Å². The van der Waals surface area contributed by atoms with E-state index < -0.39 is 0 Å². The van der Waals surface area contributed by atoms with Crippen molar-refractivity contribution in [3.8, 4) is 0 Å². The van der Waals surface area contributed by atoms with Gasteiger partial charge in [0, 0.05) is 0 Å². The van der Waals surface area contributed by atoms with Crippen molar-refractivity contribution in [3.63, 3.8) is 0 Å². The number of rotatable bonds is 1. The Balaban J connectivity index is 3.02. The molecule has 0 aromatic carbocycles. The third-order valence-corrected chi connectivity index (χ3v) is 3.16. The summed E-state index contributed by atoms with van der Waals surface area (Å²) in [5, 5.41) is 2.51. The summed E-state index contributed by atoms with van der Waals surface area (Å²) in [7, 11) is 0. The van der Waals surface area contributed by atoms with Gasteiger partial charge in [-0.05, 0) is 24.1 Å². The first-order valence-electron chi connectivity index (χ1n) is 3.27. The first-order chi connectivity index (χ1) is 5.65. The van der Waals surface area contributed by atoms with E-state index in [1.807, 2.05) is 18.6 Å². The van der Waals surface area contributed by atoms with Crippen LogP contribution in [0.1, 0.15) is 5.56 Å². The molecule has 1 rings (SSSR count). The van der Waals surface area contributed by atoms with Crippen LogP contribution in [0, 0.1) is 6.92 Å². The van der Waals surface area contributed by atoms with Gasteiger partial charge < -0.3 is 5.73 Å². The highest BCUT2D eigenvalue weighted by Crippen LogP contribution is 2.35. The molecule has 0 saturated carbocycles. The van der Waals surface area contributed by atoms with Gasteiger partial charge in [-0.25, -0.2) is 4.99 Å². The second kappa shape index (κ2) is 4.16. The van der Waals surface area contributed by atoms with Crippen molar-refractivity contribution in [2.24, 2.45) is 10.7 Å². The molecule has 66 valence electrons. The number of hydrogen-bond acceptors (Lipinski definition) is 3. The average Bonchev–Trinajstić information content (AvgIpc) is 2.35. The molecule has 0 bridgehead atoms. The van der Waals surface area contributed by atoms with Gasteiger partial charge in [-0.15, -0.1) is 11.3 Å². The fraction of sp³-hybridized carbons (Fsp3) is 0.286. The van der Waals surface area contributed by atoms with Gasteiger partial charge in [0.25, 0.3) is 0 Å². The molecule has 0 fully saturated rings. The third-order valence-electron chi connectivity index (χ3n) is 1.33. The highest BCUT2D eigenvalue weighted by atomic mass is 35.5. The number of nitrogens with two attached hydrogens (primary N) is 1. The molecule has 0 spiro atoms. The predicted octanol–water partition coefficient (Wildman–Crippen LogP) is 3.02. The first kappa shape index (κ1) is 9.89. The molecule has 0 aliphatic heterocycles. The van der Waals surface area contributed by atoms with Gasteiger partial charge >= 0.3 is 0 Å². The zero-order valence-electron chi connectivity index (χ0n) is 6.80. The van der Waals surface area contributed by atoms with Crippen LogP contribution in [0.2, 0.25) is 4.34 Å².